The summed E-state index contributed by atoms with van der Waals surface area (Å²) in [6.07, 6.45) is 9.99. The summed E-state index contributed by atoms with van der Waals surface area (Å²) in [6.45, 7) is 0. The predicted molar refractivity (Wildman–Crippen MR) is 109 cm³/mol. The van der Waals surface area contributed by atoms with E-state index in [4.69, 9.17) is 20.5 Å². The first-order chi connectivity index (χ1) is 14.7. The molecule has 1 aliphatic rings. The molecule has 3 heterocycles. The fraction of sp³-hybridized carbons (Fsp3) is 0.350. The highest BCUT2D eigenvalue weighted by molar-refractivity contribution is 5.75. The lowest BCUT2D eigenvalue weighted by molar-refractivity contribution is 0.147. The van der Waals surface area contributed by atoms with Crippen molar-refractivity contribution in [3.63, 3.8) is 0 Å². The molecular weight excluding hydrogens is 384 g/mol. The normalized spacial score (nSPS) is 18.4. The maximum absolute atomic E-state index is 8.83. The third-order valence-electron chi connectivity index (χ3n) is 4.98. The first-order valence-electron chi connectivity index (χ1n) is 9.65. The Labute approximate surface area is 173 Å². The number of nitrogens with one attached hydrogen (secondary N) is 2. The fourth-order valence-corrected chi connectivity index (χ4v) is 3.41. The molecule has 154 valence electrons. The number of methoxy groups -OCH3 is 1. The van der Waals surface area contributed by atoms with Gasteiger partial charge in [0.05, 0.1) is 49.3 Å². The maximum atomic E-state index is 8.83. The second-order valence-electron chi connectivity index (χ2n) is 7.06. The van der Waals surface area contributed by atoms with Gasteiger partial charge in [-0.2, -0.15) is 10.4 Å². The minimum atomic E-state index is 0.0897. The van der Waals surface area contributed by atoms with Crippen molar-refractivity contribution in [2.45, 2.75) is 37.8 Å². The smallest absolute Gasteiger partial charge is 0.158 e. The maximum Gasteiger partial charge on any atom is 0.158 e. The van der Waals surface area contributed by atoms with Crippen LogP contribution in [0.2, 0.25) is 0 Å². The number of nitriles is 1. The van der Waals surface area contributed by atoms with Gasteiger partial charge in [-0.05, 0) is 25.7 Å². The number of aromatic nitrogens is 5. The highest BCUT2D eigenvalue weighted by Gasteiger charge is 2.23. The van der Waals surface area contributed by atoms with Crippen molar-refractivity contribution in [3.05, 3.63) is 36.5 Å². The molecule has 3 aromatic rings. The van der Waals surface area contributed by atoms with Crippen LogP contribution in [0, 0.1) is 11.3 Å². The van der Waals surface area contributed by atoms with Gasteiger partial charge in [-0.1, -0.05) is 0 Å². The fourth-order valence-electron chi connectivity index (χ4n) is 3.41. The van der Waals surface area contributed by atoms with Crippen LogP contribution in [0.5, 0.6) is 11.5 Å². The van der Waals surface area contributed by atoms with E-state index in [1.807, 2.05) is 12.1 Å². The largest absolute Gasteiger partial charge is 0.494 e. The summed E-state index contributed by atoms with van der Waals surface area (Å²) in [5.41, 5.74) is 7.70. The van der Waals surface area contributed by atoms with Crippen LogP contribution in [0.1, 0.15) is 31.4 Å². The summed E-state index contributed by atoms with van der Waals surface area (Å²) in [4.78, 5) is 12.4. The van der Waals surface area contributed by atoms with E-state index >= 15 is 0 Å². The number of hydrogen-bond donors (Lipinski definition) is 3. The van der Waals surface area contributed by atoms with Gasteiger partial charge >= 0.3 is 0 Å². The van der Waals surface area contributed by atoms with Gasteiger partial charge in [0.15, 0.2) is 17.3 Å². The number of hydrogen-bond acceptors (Lipinski definition) is 9. The van der Waals surface area contributed by atoms with E-state index in [1.54, 1.807) is 19.5 Å². The van der Waals surface area contributed by atoms with Crippen molar-refractivity contribution < 1.29 is 9.47 Å². The SMILES string of the molecule is COc1cncc(O[C@H]2CC[C@H](N)CC2)c1-c1cc(Nc2cnc(C#N)cn2)n[nH]1. The molecule has 0 atom stereocenters. The van der Waals surface area contributed by atoms with Crippen molar-refractivity contribution in [1.82, 2.24) is 25.1 Å². The van der Waals surface area contributed by atoms with Crippen molar-refractivity contribution in [2.24, 2.45) is 5.73 Å². The average Bonchev–Trinajstić information content (AvgIpc) is 3.23. The van der Waals surface area contributed by atoms with Crippen LogP contribution in [-0.2, 0) is 0 Å². The van der Waals surface area contributed by atoms with E-state index in [0.717, 1.165) is 31.2 Å². The van der Waals surface area contributed by atoms with Gasteiger partial charge < -0.3 is 20.5 Å². The van der Waals surface area contributed by atoms with Crippen molar-refractivity contribution in [3.8, 4) is 28.8 Å². The number of ether oxygens (including phenoxy) is 2. The number of aromatic amines is 1. The summed E-state index contributed by atoms with van der Waals surface area (Å²) in [5.74, 6) is 2.22. The second kappa shape index (κ2) is 8.75. The molecule has 1 saturated carbocycles. The summed E-state index contributed by atoms with van der Waals surface area (Å²) >= 11 is 0. The van der Waals surface area contributed by atoms with Gasteiger partial charge in [0, 0.05) is 12.1 Å². The molecule has 0 unspecified atom stereocenters. The third-order valence-corrected chi connectivity index (χ3v) is 4.98. The van der Waals surface area contributed by atoms with E-state index in [9.17, 15) is 0 Å². The van der Waals surface area contributed by atoms with E-state index in [1.165, 1.54) is 12.4 Å². The van der Waals surface area contributed by atoms with Gasteiger partial charge in [-0.15, -0.1) is 0 Å². The zero-order chi connectivity index (χ0) is 20.9. The van der Waals surface area contributed by atoms with Crippen molar-refractivity contribution in [1.29, 1.82) is 5.26 Å². The van der Waals surface area contributed by atoms with Gasteiger partial charge in [-0.25, -0.2) is 9.97 Å². The standard InChI is InChI=1S/C20H22N8O2/c1-29-16-9-23-10-17(30-14-4-2-12(22)3-5-14)20(16)15-6-18(28-27-15)26-19-11-24-13(7-21)8-25-19/h6,8-12,14H,2-5,22H2,1H3,(H2,25,26,27,28)/t12-,14-. The Morgan fingerprint density at radius 2 is 1.90 bits per heavy atom. The summed E-state index contributed by atoms with van der Waals surface area (Å²) in [5, 5.41) is 19.2. The molecule has 0 amide bonds. The van der Waals surface area contributed by atoms with Gasteiger partial charge in [-0.3, -0.25) is 10.1 Å². The molecule has 0 bridgehead atoms. The van der Waals surface area contributed by atoms with Crippen LogP contribution >= 0.6 is 0 Å². The predicted octanol–water partition coefficient (Wildman–Crippen LogP) is 2.53. The minimum absolute atomic E-state index is 0.0897. The topological polar surface area (TPSA) is 148 Å². The van der Waals surface area contributed by atoms with E-state index < -0.39 is 0 Å². The molecule has 0 radical (unpaired) electrons. The lowest BCUT2D eigenvalue weighted by atomic mass is 9.93. The Balaban J connectivity index is 1.57. The summed E-state index contributed by atoms with van der Waals surface area (Å²) in [6, 6.07) is 4.00. The lowest BCUT2D eigenvalue weighted by Crippen LogP contribution is -2.31. The zero-order valence-corrected chi connectivity index (χ0v) is 16.5. The van der Waals surface area contributed by atoms with Crippen LogP contribution in [0.15, 0.2) is 30.9 Å². The highest BCUT2D eigenvalue weighted by Crippen LogP contribution is 2.39. The Morgan fingerprint density at radius 1 is 1.10 bits per heavy atom. The lowest BCUT2D eigenvalue weighted by Gasteiger charge is -2.27. The average molecular weight is 406 g/mol. The van der Waals surface area contributed by atoms with E-state index in [-0.39, 0.29) is 17.8 Å². The summed E-state index contributed by atoms with van der Waals surface area (Å²) in [7, 11) is 1.59. The van der Waals surface area contributed by atoms with E-state index in [2.05, 4.69) is 30.5 Å². The van der Waals surface area contributed by atoms with Gasteiger partial charge in [0.2, 0.25) is 0 Å². The van der Waals surface area contributed by atoms with Gasteiger partial charge in [0.25, 0.3) is 0 Å². The molecule has 0 aromatic carbocycles. The monoisotopic (exact) mass is 406 g/mol. The second-order valence-corrected chi connectivity index (χ2v) is 7.06. The quantitative estimate of drug-likeness (QED) is 0.561. The number of rotatable bonds is 6. The summed E-state index contributed by atoms with van der Waals surface area (Å²) < 4.78 is 11.8. The van der Waals surface area contributed by atoms with E-state index in [0.29, 0.717) is 28.8 Å². The van der Waals surface area contributed by atoms with Crippen LogP contribution in [0.25, 0.3) is 11.3 Å². The molecule has 0 aliphatic heterocycles. The number of nitrogens with two attached hydrogens (primary N) is 1. The molecule has 10 heteroatoms. The Hall–Kier alpha value is -3.71. The number of anilines is 2. The van der Waals surface area contributed by atoms with Crippen LogP contribution in [0.3, 0.4) is 0 Å². The van der Waals surface area contributed by atoms with Crippen LogP contribution in [-0.4, -0.2) is 44.4 Å². The first-order valence-corrected chi connectivity index (χ1v) is 9.65. The van der Waals surface area contributed by atoms with Crippen molar-refractivity contribution >= 4 is 11.6 Å². The molecule has 0 saturated heterocycles. The minimum Gasteiger partial charge on any atom is -0.494 e. The number of nitrogens with zero attached hydrogens (tertiary/aromatic N) is 5. The molecule has 0 spiro atoms. The zero-order valence-electron chi connectivity index (χ0n) is 16.5. The van der Waals surface area contributed by atoms with Gasteiger partial charge in [0.1, 0.15) is 17.6 Å². The number of pyridine rings is 1. The molecule has 3 aromatic heterocycles. The molecule has 4 rings (SSSR count). The molecule has 4 N–H and O–H groups in total. The number of H-pyrrole nitrogens is 1. The Kier molecular flexibility index (Phi) is 5.72. The van der Waals surface area contributed by atoms with Crippen LogP contribution in [0.4, 0.5) is 11.6 Å². The highest BCUT2D eigenvalue weighted by atomic mass is 16.5. The van der Waals surface area contributed by atoms with Crippen LogP contribution < -0.4 is 20.5 Å². The third kappa shape index (κ3) is 4.31. The molecule has 10 nitrogen and oxygen atoms in total. The molecule has 1 aliphatic carbocycles. The molecule has 1 fully saturated rings. The molecule has 30 heavy (non-hydrogen) atoms. The molecular formula is C20H22N8O2. The Bertz CT molecular complexity index is 1040. The first kappa shape index (κ1) is 19.6. The van der Waals surface area contributed by atoms with Crippen molar-refractivity contribution in [2.75, 3.05) is 12.4 Å². The Morgan fingerprint density at radius 3 is 2.60 bits per heavy atom.